The van der Waals surface area contributed by atoms with Crippen LogP contribution < -0.4 is 4.74 Å². The van der Waals surface area contributed by atoms with E-state index in [4.69, 9.17) is 4.74 Å². The number of ether oxygens (including phenoxy) is 1. The summed E-state index contributed by atoms with van der Waals surface area (Å²) in [7, 11) is 0. The summed E-state index contributed by atoms with van der Waals surface area (Å²) in [6, 6.07) is 21.4. The molecule has 0 aromatic heterocycles. The smallest absolute Gasteiger partial charge is 0.344 e. The molecule has 0 atom stereocenters. The van der Waals surface area contributed by atoms with Gasteiger partial charge in [0, 0.05) is 5.39 Å². The number of carbonyl (C=O) groups is 2. The number of aromatic carboxylic acids is 1. The van der Waals surface area contributed by atoms with Crippen LogP contribution in [0, 0.1) is 0 Å². The van der Waals surface area contributed by atoms with Crippen molar-refractivity contribution < 1.29 is 19.4 Å². The number of hydrogen-bond donors (Lipinski definition) is 1. The van der Waals surface area contributed by atoms with Crippen molar-refractivity contribution in [1.82, 2.24) is 0 Å². The van der Waals surface area contributed by atoms with Gasteiger partial charge < -0.3 is 9.84 Å². The van der Waals surface area contributed by atoms with Crippen LogP contribution in [0.5, 0.6) is 5.75 Å². The van der Waals surface area contributed by atoms with Gasteiger partial charge in [-0.3, -0.25) is 0 Å². The third-order valence-electron chi connectivity index (χ3n) is 8.37. The average molecular weight is 567 g/mol. The van der Waals surface area contributed by atoms with Gasteiger partial charge in [0.05, 0.1) is 11.1 Å². The zero-order valence-electron chi connectivity index (χ0n) is 25.4. The number of carboxylic acid groups (broad SMARTS) is 1. The highest BCUT2D eigenvalue weighted by Crippen LogP contribution is 2.33. The Kier molecular flexibility index (Phi) is 12.0. The second kappa shape index (κ2) is 16.1. The second-order valence-corrected chi connectivity index (χ2v) is 11.5. The Morgan fingerprint density at radius 3 is 1.98 bits per heavy atom. The maximum atomic E-state index is 14.0. The molecule has 0 spiro atoms. The Hall–Kier alpha value is -3.66. The molecule has 4 rings (SSSR count). The Labute approximate surface area is 251 Å². The first-order valence-electron chi connectivity index (χ1n) is 16.1. The van der Waals surface area contributed by atoms with Crippen LogP contribution in [-0.2, 0) is 12.8 Å². The van der Waals surface area contributed by atoms with E-state index in [0.717, 1.165) is 71.2 Å². The average Bonchev–Trinajstić information content (AvgIpc) is 3.00. The first-order chi connectivity index (χ1) is 20.5. The van der Waals surface area contributed by atoms with E-state index in [1.807, 2.05) is 42.5 Å². The highest BCUT2D eigenvalue weighted by molar-refractivity contribution is 6.11. The molecule has 4 aromatic carbocycles. The molecule has 0 radical (unpaired) electrons. The lowest BCUT2D eigenvalue weighted by Crippen LogP contribution is -2.19. The number of unbranched alkanes of at least 4 members (excludes halogenated alkanes) is 10. The van der Waals surface area contributed by atoms with Crippen molar-refractivity contribution in [2.45, 2.75) is 104 Å². The van der Waals surface area contributed by atoms with Crippen LogP contribution in [0.25, 0.3) is 21.5 Å². The van der Waals surface area contributed by atoms with Gasteiger partial charge in [-0.1, -0.05) is 127 Å². The number of hydrogen-bond acceptors (Lipinski definition) is 3. The molecule has 4 aromatic rings. The molecule has 0 aliphatic heterocycles. The van der Waals surface area contributed by atoms with Crippen LogP contribution in [0.4, 0.5) is 0 Å². The van der Waals surface area contributed by atoms with Crippen LogP contribution in [0.3, 0.4) is 0 Å². The van der Waals surface area contributed by atoms with E-state index < -0.39 is 11.9 Å². The van der Waals surface area contributed by atoms with Crippen LogP contribution in [0.1, 0.15) is 123 Å². The number of rotatable bonds is 17. The van der Waals surface area contributed by atoms with Crippen molar-refractivity contribution in [1.29, 1.82) is 0 Å². The van der Waals surface area contributed by atoms with Crippen molar-refractivity contribution >= 4 is 33.5 Å². The van der Waals surface area contributed by atoms with Gasteiger partial charge in [0.1, 0.15) is 5.75 Å². The second-order valence-electron chi connectivity index (χ2n) is 11.5. The molecule has 0 saturated heterocycles. The molecule has 0 aliphatic rings. The maximum Gasteiger partial charge on any atom is 0.344 e. The first-order valence-corrected chi connectivity index (χ1v) is 16.1. The van der Waals surface area contributed by atoms with E-state index in [2.05, 4.69) is 26.0 Å². The molecule has 0 fully saturated rings. The Morgan fingerprint density at radius 1 is 0.619 bits per heavy atom. The van der Waals surface area contributed by atoms with Gasteiger partial charge in [-0.2, -0.15) is 0 Å². The molecule has 0 heterocycles. The fourth-order valence-electron chi connectivity index (χ4n) is 6.05. The lowest BCUT2D eigenvalue weighted by atomic mass is 9.89. The molecule has 0 saturated carbocycles. The van der Waals surface area contributed by atoms with Crippen molar-refractivity contribution in [3.05, 3.63) is 89.0 Å². The molecule has 0 unspecified atom stereocenters. The van der Waals surface area contributed by atoms with E-state index in [1.165, 1.54) is 44.9 Å². The summed E-state index contributed by atoms with van der Waals surface area (Å²) in [5.74, 6) is -1.23. The minimum Gasteiger partial charge on any atom is -0.478 e. The van der Waals surface area contributed by atoms with Gasteiger partial charge >= 0.3 is 11.9 Å². The van der Waals surface area contributed by atoms with Gasteiger partial charge in [-0.15, -0.1) is 0 Å². The van der Waals surface area contributed by atoms with Gasteiger partial charge in [0.2, 0.25) is 0 Å². The largest absolute Gasteiger partial charge is 0.478 e. The SMILES string of the molecule is CCCCCCCCc1ccc(C(=O)O)c(C(=O)Oc2cccc3c2ccc2ccccc23)c1CCCCCCCC. The summed E-state index contributed by atoms with van der Waals surface area (Å²) in [5, 5.41) is 14.2. The number of esters is 1. The van der Waals surface area contributed by atoms with Gasteiger partial charge in [0.15, 0.2) is 0 Å². The molecule has 1 N–H and O–H groups in total. The number of carboxylic acids is 1. The highest BCUT2D eigenvalue weighted by Gasteiger charge is 2.25. The molecular formula is C38H46O4. The van der Waals surface area contributed by atoms with Crippen molar-refractivity contribution in [2.24, 2.45) is 0 Å². The standard InChI is InChI=1S/C38H46O4/c1-3-5-7-9-11-13-18-29-25-27-34(37(39)40)36(31(29)21-14-12-10-8-6-4-2)38(41)42-35-23-17-22-32-30-20-16-15-19-28(30)24-26-33(32)35/h15-17,19-20,22-27H,3-14,18,21H2,1-2H3,(H,39,40). The van der Waals surface area contributed by atoms with Gasteiger partial charge in [-0.05, 0) is 71.2 Å². The van der Waals surface area contributed by atoms with E-state index in [1.54, 1.807) is 12.1 Å². The minimum atomic E-state index is -1.10. The lowest BCUT2D eigenvalue weighted by Gasteiger charge is -2.18. The quantitative estimate of drug-likeness (QED) is 0.0597. The van der Waals surface area contributed by atoms with E-state index in [0.29, 0.717) is 12.2 Å². The summed E-state index contributed by atoms with van der Waals surface area (Å²) in [5.41, 5.74) is 2.19. The maximum absolute atomic E-state index is 14.0. The molecule has 4 nitrogen and oxygen atoms in total. The number of aryl methyl sites for hydroxylation is 1. The summed E-state index contributed by atoms with van der Waals surface area (Å²) < 4.78 is 6.08. The summed E-state index contributed by atoms with van der Waals surface area (Å²) in [4.78, 5) is 26.4. The molecule has 222 valence electrons. The molecule has 42 heavy (non-hydrogen) atoms. The third kappa shape index (κ3) is 8.00. The van der Waals surface area contributed by atoms with Crippen molar-refractivity contribution in [3.63, 3.8) is 0 Å². The van der Waals surface area contributed by atoms with Gasteiger partial charge in [0.25, 0.3) is 0 Å². The van der Waals surface area contributed by atoms with Crippen molar-refractivity contribution in [3.8, 4) is 5.75 Å². The fraction of sp³-hybridized carbons (Fsp3) is 0.421. The summed E-state index contributed by atoms with van der Waals surface area (Å²) in [6.45, 7) is 4.43. The summed E-state index contributed by atoms with van der Waals surface area (Å²) >= 11 is 0. The predicted molar refractivity (Wildman–Crippen MR) is 174 cm³/mol. The zero-order chi connectivity index (χ0) is 29.7. The van der Waals surface area contributed by atoms with Crippen molar-refractivity contribution in [2.75, 3.05) is 0 Å². The van der Waals surface area contributed by atoms with Crippen LogP contribution >= 0.6 is 0 Å². The third-order valence-corrected chi connectivity index (χ3v) is 8.37. The number of carbonyl (C=O) groups excluding carboxylic acids is 1. The van der Waals surface area contributed by atoms with E-state index >= 15 is 0 Å². The Bertz CT molecular complexity index is 1490. The fourth-order valence-corrected chi connectivity index (χ4v) is 6.05. The molecule has 0 aliphatic carbocycles. The Balaban J connectivity index is 1.65. The first kappa shape index (κ1) is 31.3. The topological polar surface area (TPSA) is 63.6 Å². The molecule has 0 amide bonds. The van der Waals surface area contributed by atoms with E-state index in [-0.39, 0.29) is 11.1 Å². The number of benzene rings is 4. The molecule has 4 heteroatoms. The zero-order valence-corrected chi connectivity index (χ0v) is 25.4. The minimum absolute atomic E-state index is 0.0263. The van der Waals surface area contributed by atoms with Gasteiger partial charge in [-0.25, -0.2) is 9.59 Å². The number of fused-ring (bicyclic) bond motifs is 3. The Morgan fingerprint density at radius 2 is 1.26 bits per heavy atom. The van der Waals surface area contributed by atoms with E-state index in [9.17, 15) is 14.7 Å². The normalized spacial score (nSPS) is 11.3. The molecule has 0 bridgehead atoms. The molecular weight excluding hydrogens is 520 g/mol. The van der Waals surface area contributed by atoms with Crippen LogP contribution in [-0.4, -0.2) is 17.0 Å². The summed E-state index contributed by atoms with van der Waals surface area (Å²) in [6.07, 6.45) is 15.4. The van der Waals surface area contributed by atoms with Crippen LogP contribution in [0.2, 0.25) is 0 Å². The van der Waals surface area contributed by atoms with Crippen LogP contribution in [0.15, 0.2) is 66.7 Å². The lowest BCUT2D eigenvalue weighted by molar-refractivity contribution is 0.0667. The predicted octanol–water partition coefficient (Wildman–Crippen LogP) is 10.7. The highest BCUT2D eigenvalue weighted by atomic mass is 16.5. The monoisotopic (exact) mass is 566 g/mol.